The predicted molar refractivity (Wildman–Crippen MR) is 72.2 cm³/mol. The quantitative estimate of drug-likeness (QED) is 0.475. The summed E-state index contributed by atoms with van der Waals surface area (Å²) < 4.78 is 0. The Hall–Kier alpha value is -1.95. The second kappa shape index (κ2) is 9.04. The summed E-state index contributed by atoms with van der Waals surface area (Å²) in [5, 5.41) is 2.80. The van der Waals surface area contributed by atoms with Crippen molar-refractivity contribution in [1.82, 2.24) is 21.2 Å². The van der Waals surface area contributed by atoms with Gasteiger partial charge in [0.25, 0.3) is 5.91 Å². The molecule has 3 N–H and O–H groups in total. The Bertz CT molecular complexity index is 395. The molecule has 0 aliphatic heterocycles. The van der Waals surface area contributed by atoms with Crippen LogP contribution < -0.4 is 16.2 Å². The molecule has 1 heterocycles. The van der Waals surface area contributed by atoms with E-state index in [1.54, 1.807) is 24.5 Å². The lowest BCUT2D eigenvalue weighted by atomic mass is 10.3. The molecule has 0 spiro atoms. The lowest BCUT2D eigenvalue weighted by Crippen LogP contribution is -2.39. The van der Waals surface area contributed by atoms with E-state index in [0.29, 0.717) is 25.1 Å². The van der Waals surface area contributed by atoms with Gasteiger partial charge in [-0.1, -0.05) is 13.3 Å². The van der Waals surface area contributed by atoms with E-state index in [1.165, 1.54) is 0 Å². The molecular formula is C13H20N4O2. The van der Waals surface area contributed by atoms with Gasteiger partial charge in [0.15, 0.2) is 0 Å². The molecule has 0 aromatic carbocycles. The zero-order valence-corrected chi connectivity index (χ0v) is 11.1. The highest BCUT2D eigenvalue weighted by atomic mass is 16.2. The second-order valence-electron chi connectivity index (χ2n) is 4.07. The van der Waals surface area contributed by atoms with Crippen molar-refractivity contribution in [3.8, 4) is 0 Å². The third-order valence-electron chi connectivity index (χ3n) is 2.47. The molecule has 0 bridgehead atoms. The summed E-state index contributed by atoms with van der Waals surface area (Å²) in [6, 6.07) is 3.24. The zero-order valence-electron chi connectivity index (χ0n) is 11.1. The highest BCUT2D eigenvalue weighted by Gasteiger charge is 2.04. The molecule has 0 radical (unpaired) electrons. The highest BCUT2D eigenvalue weighted by Crippen LogP contribution is 1.94. The van der Waals surface area contributed by atoms with E-state index in [9.17, 15) is 9.59 Å². The Morgan fingerprint density at radius 2 is 1.95 bits per heavy atom. The summed E-state index contributed by atoms with van der Waals surface area (Å²) >= 11 is 0. The minimum atomic E-state index is -0.242. The normalized spacial score (nSPS) is 9.95. The van der Waals surface area contributed by atoms with Gasteiger partial charge in [-0.25, -0.2) is 5.43 Å². The van der Waals surface area contributed by atoms with Crippen LogP contribution in [0.1, 0.15) is 36.5 Å². The first-order chi connectivity index (χ1) is 9.24. The van der Waals surface area contributed by atoms with Crippen molar-refractivity contribution in [1.29, 1.82) is 0 Å². The van der Waals surface area contributed by atoms with E-state index >= 15 is 0 Å². The number of aromatic nitrogens is 1. The highest BCUT2D eigenvalue weighted by molar-refractivity contribution is 5.93. The van der Waals surface area contributed by atoms with Gasteiger partial charge < -0.3 is 5.32 Å². The van der Waals surface area contributed by atoms with Crippen molar-refractivity contribution in [3.63, 3.8) is 0 Å². The summed E-state index contributed by atoms with van der Waals surface area (Å²) in [7, 11) is 0. The average Bonchev–Trinajstić information content (AvgIpc) is 2.44. The molecule has 0 aliphatic rings. The number of pyridine rings is 1. The van der Waals surface area contributed by atoms with Crippen LogP contribution >= 0.6 is 0 Å². The monoisotopic (exact) mass is 264 g/mol. The van der Waals surface area contributed by atoms with Crippen LogP contribution in [-0.2, 0) is 4.79 Å². The fourth-order valence-electron chi connectivity index (χ4n) is 1.39. The molecule has 0 atom stereocenters. The van der Waals surface area contributed by atoms with Crippen LogP contribution in [0.3, 0.4) is 0 Å². The van der Waals surface area contributed by atoms with Crippen molar-refractivity contribution in [2.45, 2.75) is 26.2 Å². The topological polar surface area (TPSA) is 83.1 Å². The molecule has 1 rings (SSSR count). The number of unbranched alkanes of at least 4 members (excludes halogenated alkanes) is 1. The molecule has 104 valence electrons. The van der Waals surface area contributed by atoms with Crippen molar-refractivity contribution in [2.24, 2.45) is 0 Å². The lowest BCUT2D eigenvalue weighted by molar-refractivity contribution is -0.121. The van der Waals surface area contributed by atoms with Crippen molar-refractivity contribution < 1.29 is 9.59 Å². The maximum absolute atomic E-state index is 11.6. The van der Waals surface area contributed by atoms with Gasteiger partial charge >= 0.3 is 0 Å². The molecule has 6 nitrogen and oxygen atoms in total. The van der Waals surface area contributed by atoms with Gasteiger partial charge in [0.05, 0.1) is 0 Å². The van der Waals surface area contributed by atoms with Crippen molar-refractivity contribution in [3.05, 3.63) is 30.1 Å². The maximum Gasteiger partial charge on any atom is 0.265 e. The number of hydrogen-bond acceptors (Lipinski definition) is 4. The van der Waals surface area contributed by atoms with Gasteiger partial charge in [0.1, 0.15) is 0 Å². The summed E-state index contributed by atoms with van der Waals surface area (Å²) in [5.74, 6) is -0.257. The Morgan fingerprint density at radius 3 is 2.63 bits per heavy atom. The van der Waals surface area contributed by atoms with E-state index < -0.39 is 0 Å². The summed E-state index contributed by atoms with van der Waals surface area (Å²) in [5.41, 5.74) is 5.77. The third kappa shape index (κ3) is 6.52. The molecule has 0 saturated carbocycles. The Kier molecular flexibility index (Phi) is 7.19. The van der Waals surface area contributed by atoms with Gasteiger partial charge in [-0.15, -0.1) is 0 Å². The Morgan fingerprint density at radius 1 is 1.21 bits per heavy atom. The van der Waals surface area contributed by atoms with Gasteiger partial charge in [-0.05, 0) is 18.6 Å². The Balaban J connectivity index is 2.11. The lowest BCUT2D eigenvalue weighted by Gasteiger charge is -2.07. The van der Waals surface area contributed by atoms with E-state index in [1.807, 2.05) is 0 Å². The van der Waals surface area contributed by atoms with E-state index in [4.69, 9.17) is 0 Å². The van der Waals surface area contributed by atoms with Gasteiger partial charge in [0, 0.05) is 37.5 Å². The van der Waals surface area contributed by atoms with Gasteiger partial charge in [-0.3, -0.25) is 20.0 Å². The van der Waals surface area contributed by atoms with E-state index in [0.717, 1.165) is 12.8 Å². The van der Waals surface area contributed by atoms with Crippen LogP contribution in [0.15, 0.2) is 24.5 Å². The van der Waals surface area contributed by atoms with Crippen molar-refractivity contribution in [2.75, 3.05) is 13.1 Å². The summed E-state index contributed by atoms with van der Waals surface area (Å²) in [4.78, 5) is 26.8. The minimum Gasteiger partial charge on any atom is -0.356 e. The number of carbonyl (C=O) groups excluding carboxylic acids is 2. The van der Waals surface area contributed by atoms with Crippen LogP contribution in [0.2, 0.25) is 0 Å². The first-order valence-electron chi connectivity index (χ1n) is 6.44. The van der Waals surface area contributed by atoms with E-state index in [-0.39, 0.29) is 11.8 Å². The van der Waals surface area contributed by atoms with Gasteiger partial charge in [0.2, 0.25) is 5.91 Å². The number of nitrogens with zero attached hydrogens (tertiary/aromatic N) is 1. The number of rotatable bonds is 8. The fourth-order valence-corrected chi connectivity index (χ4v) is 1.39. The molecule has 6 heteroatoms. The van der Waals surface area contributed by atoms with Crippen LogP contribution in [0, 0.1) is 0 Å². The third-order valence-corrected chi connectivity index (χ3v) is 2.47. The number of carbonyl (C=O) groups is 2. The molecule has 1 aromatic rings. The molecule has 2 amide bonds. The summed E-state index contributed by atoms with van der Waals surface area (Å²) in [6.07, 6.45) is 5.48. The van der Waals surface area contributed by atoms with Gasteiger partial charge in [-0.2, -0.15) is 0 Å². The smallest absolute Gasteiger partial charge is 0.265 e. The molecule has 1 aromatic heterocycles. The fraction of sp³-hybridized carbons (Fsp3) is 0.462. The van der Waals surface area contributed by atoms with Crippen LogP contribution in [0.5, 0.6) is 0 Å². The molecule has 19 heavy (non-hydrogen) atoms. The van der Waals surface area contributed by atoms with E-state index in [2.05, 4.69) is 28.1 Å². The SMILES string of the molecule is CCCCNC(=O)CCNNC(=O)c1ccncc1. The first-order valence-corrected chi connectivity index (χ1v) is 6.44. The second-order valence-corrected chi connectivity index (χ2v) is 4.07. The first kappa shape index (κ1) is 15.1. The molecule has 0 fully saturated rings. The number of hydrogen-bond donors (Lipinski definition) is 3. The maximum atomic E-state index is 11.6. The predicted octanol–water partition coefficient (Wildman–Crippen LogP) is 0.622. The summed E-state index contributed by atoms with van der Waals surface area (Å²) in [6.45, 7) is 3.18. The standard InChI is InChI=1S/C13H20N4O2/c1-2-3-7-15-12(18)6-10-16-17-13(19)11-4-8-14-9-5-11/h4-5,8-9,16H,2-3,6-7,10H2,1H3,(H,15,18)(H,17,19). The molecule has 0 aliphatic carbocycles. The number of amides is 2. The molecule has 0 unspecified atom stereocenters. The Labute approximate surface area is 113 Å². The van der Waals surface area contributed by atoms with Crippen molar-refractivity contribution >= 4 is 11.8 Å². The zero-order chi connectivity index (χ0) is 13.9. The largest absolute Gasteiger partial charge is 0.356 e. The number of nitrogens with one attached hydrogen (secondary N) is 3. The van der Waals surface area contributed by atoms with Crippen LogP contribution in [0.25, 0.3) is 0 Å². The van der Waals surface area contributed by atoms with Crippen LogP contribution in [-0.4, -0.2) is 29.9 Å². The number of hydrazine groups is 1. The molecule has 0 saturated heterocycles. The molecular weight excluding hydrogens is 244 g/mol. The average molecular weight is 264 g/mol. The minimum absolute atomic E-state index is 0.0147. The van der Waals surface area contributed by atoms with Crippen LogP contribution in [0.4, 0.5) is 0 Å².